The number of hydrogen-bond donors (Lipinski definition) is 2. The molecule has 0 saturated carbocycles. The van der Waals surface area contributed by atoms with Gasteiger partial charge in [0.05, 0.1) is 0 Å². The predicted octanol–water partition coefficient (Wildman–Crippen LogP) is 3.74. The van der Waals surface area contributed by atoms with Gasteiger partial charge in [-0.2, -0.15) is 0 Å². The number of aryl methyl sites for hydroxylation is 1. The van der Waals surface area contributed by atoms with Gasteiger partial charge in [-0.1, -0.05) is 6.07 Å². The zero-order valence-electron chi connectivity index (χ0n) is 9.60. The number of nitrogens with two attached hydrogens (primary N) is 1. The van der Waals surface area contributed by atoms with Crippen LogP contribution in [0.1, 0.15) is 5.56 Å². The van der Waals surface area contributed by atoms with Gasteiger partial charge in [0.1, 0.15) is 0 Å². The Labute approximate surface area is 102 Å². The summed E-state index contributed by atoms with van der Waals surface area (Å²) < 4.78 is 38.9. The zero-order valence-corrected chi connectivity index (χ0v) is 9.60. The van der Waals surface area contributed by atoms with Crippen LogP contribution in [0, 0.1) is 24.4 Å². The molecule has 0 atom stereocenters. The summed E-state index contributed by atoms with van der Waals surface area (Å²) in [5.74, 6) is -3.96. The second kappa shape index (κ2) is 4.60. The van der Waals surface area contributed by atoms with E-state index in [1.807, 2.05) is 6.92 Å². The maximum atomic E-state index is 13.0. The number of halogens is 3. The quantitative estimate of drug-likeness (QED) is 0.631. The highest BCUT2D eigenvalue weighted by atomic mass is 19.2. The van der Waals surface area contributed by atoms with Crippen molar-refractivity contribution in [1.82, 2.24) is 0 Å². The minimum atomic E-state index is -1.48. The summed E-state index contributed by atoms with van der Waals surface area (Å²) in [6, 6.07) is 6.90. The first-order valence-corrected chi connectivity index (χ1v) is 5.25. The molecule has 0 radical (unpaired) electrons. The van der Waals surface area contributed by atoms with Crippen molar-refractivity contribution in [2.75, 3.05) is 11.1 Å². The highest BCUT2D eigenvalue weighted by Gasteiger charge is 2.11. The monoisotopic (exact) mass is 252 g/mol. The molecule has 0 unspecified atom stereocenters. The molecule has 0 amide bonds. The van der Waals surface area contributed by atoms with Gasteiger partial charge in [0.15, 0.2) is 17.5 Å². The van der Waals surface area contributed by atoms with E-state index in [2.05, 4.69) is 5.32 Å². The smallest absolute Gasteiger partial charge is 0.194 e. The fourth-order valence-corrected chi connectivity index (χ4v) is 1.56. The normalized spacial score (nSPS) is 10.4. The van der Waals surface area contributed by atoms with Gasteiger partial charge in [0, 0.05) is 29.2 Å². The number of nitrogen functional groups attached to an aromatic ring is 1. The van der Waals surface area contributed by atoms with Gasteiger partial charge in [-0.15, -0.1) is 0 Å². The summed E-state index contributed by atoms with van der Waals surface area (Å²) >= 11 is 0. The maximum Gasteiger partial charge on any atom is 0.194 e. The molecule has 3 N–H and O–H groups in total. The van der Waals surface area contributed by atoms with E-state index in [0.29, 0.717) is 11.4 Å². The third-order valence-electron chi connectivity index (χ3n) is 2.52. The molecule has 5 heteroatoms. The SMILES string of the molecule is Cc1ccc(N)cc1Nc1cc(F)c(F)c(F)c1. The lowest BCUT2D eigenvalue weighted by atomic mass is 10.1. The number of hydrogen-bond acceptors (Lipinski definition) is 2. The van der Waals surface area contributed by atoms with Crippen molar-refractivity contribution in [2.24, 2.45) is 0 Å². The molecule has 0 aliphatic heterocycles. The van der Waals surface area contributed by atoms with E-state index in [4.69, 9.17) is 5.73 Å². The predicted molar refractivity (Wildman–Crippen MR) is 65.2 cm³/mol. The van der Waals surface area contributed by atoms with Crippen LogP contribution in [0.25, 0.3) is 0 Å². The lowest BCUT2D eigenvalue weighted by Crippen LogP contribution is -1.98. The molecular weight excluding hydrogens is 241 g/mol. The molecule has 0 bridgehead atoms. The Balaban J connectivity index is 2.37. The van der Waals surface area contributed by atoms with Gasteiger partial charge in [-0.25, -0.2) is 13.2 Å². The molecule has 0 saturated heterocycles. The van der Waals surface area contributed by atoms with E-state index >= 15 is 0 Å². The molecule has 2 aromatic carbocycles. The third kappa shape index (κ3) is 2.40. The fourth-order valence-electron chi connectivity index (χ4n) is 1.56. The lowest BCUT2D eigenvalue weighted by molar-refractivity contribution is 0.448. The Hall–Kier alpha value is -2.17. The Morgan fingerprint density at radius 2 is 1.61 bits per heavy atom. The molecule has 2 aromatic rings. The van der Waals surface area contributed by atoms with E-state index < -0.39 is 17.5 Å². The van der Waals surface area contributed by atoms with Crippen LogP contribution in [-0.4, -0.2) is 0 Å². The number of nitrogens with one attached hydrogen (secondary N) is 1. The van der Waals surface area contributed by atoms with Crippen LogP contribution in [0.3, 0.4) is 0 Å². The van der Waals surface area contributed by atoms with Crippen LogP contribution in [-0.2, 0) is 0 Å². The summed E-state index contributed by atoms with van der Waals surface area (Å²) in [6.07, 6.45) is 0. The molecule has 0 fully saturated rings. The fraction of sp³-hybridized carbons (Fsp3) is 0.0769. The molecule has 0 heterocycles. The van der Waals surface area contributed by atoms with Gasteiger partial charge in [0.25, 0.3) is 0 Å². The zero-order chi connectivity index (χ0) is 13.3. The Morgan fingerprint density at radius 1 is 1.00 bits per heavy atom. The van der Waals surface area contributed by atoms with Gasteiger partial charge < -0.3 is 11.1 Å². The second-order valence-corrected chi connectivity index (χ2v) is 3.95. The van der Waals surface area contributed by atoms with Gasteiger partial charge >= 0.3 is 0 Å². The molecule has 0 aliphatic rings. The molecule has 18 heavy (non-hydrogen) atoms. The highest BCUT2D eigenvalue weighted by Crippen LogP contribution is 2.25. The van der Waals surface area contributed by atoms with Crippen molar-refractivity contribution >= 4 is 17.1 Å². The molecule has 2 nitrogen and oxygen atoms in total. The van der Waals surface area contributed by atoms with E-state index in [-0.39, 0.29) is 5.69 Å². The summed E-state index contributed by atoms with van der Waals surface area (Å²) in [7, 11) is 0. The van der Waals surface area contributed by atoms with Crippen LogP contribution >= 0.6 is 0 Å². The molecule has 0 aromatic heterocycles. The van der Waals surface area contributed by atoms with Crippen LogP contribution in [0.2, 0.25) is 0 Å². The average molecular weight is 252 g/mol. The molecule has 2 rings (SSSR count). The third-order valence-corrected chi connectivity index (χ3v) is 2.52. The van der Waals surface area contributed by atoms with Crippen molar-refractivity contribution in [1.29, 1.82) is 0 Å². The first-order chi connectivity index (χ1) is 8.47. The lowest BCUT2D eigenvalue weighted by Gasteiger charge is -2.11. The van der Waals surface area contributed by atoms with Crippen LogP contribution in [0.4, 0.5) is 30.2 Å². The van der Waals surface area contributed by atoms with E-state index in [0.717, 1.165) is 17.7 Å². The van der Waals surface area contributed by atoms with E-state index in [1.165, 1.54) is 0 Å². The second-order valence-electron chi connectivity index (χ2n) is 3.95. The van der Waals surface area contributed by atoms with Gasteiger partial charge in [0.2, 0.25) is 0 Å². The summed E-state index contributed by atoms with van der Waals surface area (Å²) in [5.41, 5.74) is 7.73. The average Bonchev–Trinajstić information content (AvgIpc) is 2.31. The Kier molecular flexibility index (Phi) is 3.14. The number of rotatable bonds is 2. The van der Waals surface area contributed by atoms with Crippen molar-refractivity contribution in [2.45, 2.75) is 6.92 Å². The largest absolute Gasteiger partial charge is 0.399 e. The van der Waals surface area contributed by atoms with Crippen molar-refractivity contribution in [3.8, 4) is 0 Å². The van der Waals surface area contributed by atoms with Crippen molar-refractivity contribution in [3.63, 3.8) is 0 Å². The van der Waals surface area contributed by atoms with Crippen molar-refractivity contribution in [3.05, 3.63) is 53.3 Å². The maximum absolute atomic E-state index is 13.0. The van der Waals surface area contributed by atoms with Crippen LogP contribution < -0.4 is 11.1 Å². The Bertz CT molecular complexity index is 574. The minimum absolute atomic E-state index is 0.125. The topological polar surface area (TPSA) is 38.0 Å². The molecule has 94 valence electrons. The van der Waals surface area contributed by atoms with Gasteiger partial charge in [-0.3, -0.25) is 0 Å². The Morgan fingerprint density at radius 3 is 2.22 bits per heavy atom. The molecule has 0 aliphatic carbocycles. The minimum Gasteiger partial charge on any atom is -0.399 e. The first-order valence-electron chi connectivity index (χ1n) is 5.25. The first kappa shape index (κ1) is 12.3. The van der Waals surface area contributed by atoms with E-state index in [1.54, 1.807) is 18.2 Å². The molecule has 0 spiro atoms. The molecular formula is C13H11F3N2. The van der Waals surface area contributed by atoms with Crippen LogP contribution in [0.15, 0.2) is 30.3 Å². The van der Waals surface area contributed by atoms with E-state index in [9.17, 15) is 13.2 Å². The standard InChI is InChI=1S/C13H11F3N2/c1-7-2-3-8(17)4-12(7)18-9-5-10(14)13(16)11(15)6-9/h2-6,18H,17H2,1H3. The number of benzene rings is 2. The summed E-state index contributed by atoms with van der Waals surface area (Å²) in [4.78, 5) is 0. The van der Waals surface area contributed by atoms with Gasteiger partial charge in [-0.05, 0) is 24.6 Å². The van der Waals surface area contributed by atoms with Crippen molar-refractivity contribution < 1.29 is 13.2 Å². The van der Waals surface area contributed by atoms with Crippen LogP contribution in [0.5, 0.6) is 0 Å². The highest BCUT2D eigenvalue weighted by molar-refractivity contribution is 5.67. The summed E-state index contributed by atoms with van der Waals surface area (Å²) in [5, 5.41) is 2.80. The summed E-state index contributed by atoms with van der Waals surface area (Å²) in [6.45, 7) is 1.82. The number of anilines is 3.